The van der Waals surface area contributed by atoms with Crippen molar-refractivity contribution in [3.05, 3.63) is 23.3 Å². The van der Waals surface area contributed by atoms with E-state index in [2.05, 4.69) is 53.7 Å². The Morgan fingerprint density at radius 2 is 1.36 bits per heavy atom. The number of aliphatic carboxylic acids is 1. The summed E-state index contributed by atoms with van der Waals surface area (Å²) in [7, 11) is 0. The van der Waals surface area contributed by atoms with E-state index < -0.39 is 5.97 Å². The first-order valence-electron chi connectivity index (χ1n) is 9.61. The molecule has 0 aromatic rings. The normalized spacial score (nSPS) is 12.2. The van der Waals surface area contributed by atoms with E-state index in [1.54, 1.807) is 0 Å². The largest absolute Gasteiger partial charge is 0.481 e. The van der Waals surface area contributed by atoms with Crippen LogP contribution >= 0.6 is 0 Å². The summed E-state index contributed by atoms with van der Waals surface area (Å²) in [5.74, 6) is 0.509. The van der Waals surface area contributed by atoms with E-state index in [1.807, 2.05) is 0 Å². The lowest BCUT2D eigenvalue weighted by Crippen LogP contribution is -1.98. The van der Waals surface area contributed by atoms with E-state index in [0.29, 0.717) is 24.7 Å². The number of rotatable bonds is 12. The summed E-state index contributed by atoms with van der Waals surface area (Å²) in [6.45, 7) is 12.7. The molecule has 0 heterocycles. The van der Waals surface area contributed by atoms with Crippen LogP contribution in [0.4, 0.5) is 0 Å². The Morgan fingerprint density at radius 1 is 0.880 bits per heavy atom. The van der Waals surface area contributed by atoms with Crippen LogP contribution in [0.5, 0.6) is 0 Å². The monoisotopic (exact) mass is 352 g/mol. The summed E-state index contributed by atoms with van der Waals surface area (Å²) in [5.41, 5.74) is 2.73. The number of carboxylic acid groups (broad SMARTS) is 1. The van der Waals surface area contributed by atoms with Crippen LogP contribution in [0.3, 0.4) is 0 Å². The molecule has 0 saturated heterocycles. The van der Waals surface area contributed by atoms with Crippen molar-refractivity contribution in [2.75, 3.05) is 0 Å². The number of carboxylic acids is 1. The van der Waals surface area contributed by atoms with Gasteiger partial charge >= 0.3 is 5.97 Å². The number of allylic oxidation sites excluding steroid dienone is 4. The molecular weight excluding hydrogens is 312 g/mol. The third-order valence-corrected chi connectivity index (χ3v) is 4.01. The van der Waals surface area contributed by atoms with Crippen LogP contribution in [-0.2, 0) is 9.59 Å². The van der Waals surface area contributed by atoms with Crippen molar-refractivity contribution in [2.45, 2.75) is 92.9 Å². The second-order valence-corrected chi connectivity index (χ2v) is 7.62. The lowest BCUT2D eigenvalue weighted by Gasteiger charge is -2.08. The minimum Gasteiger partial charge on any atom is -0.481 e. The first kappa shape index (κ1) is 25.9. The van der Waals surface area contributed by atoms with Crippen LogP contribution in [0.15, 0.2) is 23.3 Å². The van der Waals surface area contributed by atoms with Gasteiger partial charge in [0.1, 0.15) is 6.29 Å². The molecule has 2 unspecified atom stereocenters. The highest BCUT2D eigenvalue weighted by Gasteiger charge is 2.03. The van der Waals surface area contributed by atoms with E-state index in [9.17, 15) is 9.59 Å². The molecular formula is C22H40O3. The van der Waals surface area contributed by atoms with Gasteiger partial charge in [0.2, 0.25) is 0 Å². The average Bonchev–Trinajstić information content (AvgIpc) is 2.47. The molecule has 0 spiro atoms. The number of carbonyl (C=O) groups excluding carboxylic acids is 1. The Kier molecular flexibility index (Phi) is 18.0. The van der Waals surface area contributed by atoms with E-state index in [0.717, 1.165) is 38.4 Å². The number of carbonyl (C=O) groups is 2. The fraction of sp³-hybridized carbons (Fsp3) is 0.727. The van der Waals surface area contributed by atoms with Gasteiger partial charge in [-0.2, -0.15) is 0 Å². The van der Waals surface area contributed by atoms with Crippen LogP contribution in [0.2, 0.25) is 0 Å². The second-order valence-electron chi connectivity index (χ2n) is 7.62. The maximum atomic E-state index is 10.3. The highest BCUT2D eigenvalue weighted by atomic mass is 16.4. The zero-order chi connectivity index (χ0) is 19.7. The first-order chi connectivity index (χ1) is 11.7. The molecule has 2 atom stereocenters. The van der Waals surface area contributed by atoms with Crippen molar-refractivity contribution in [1.29, 1.82) is 0 Å². The Morgan fingerprint density at radius 3 is 1.76 bits per heavy atom. The zero-order valence-corrected chi connectivity index (χ0v) is 17.3. The fourth-order valence-corrected chi connectivity index (χ4v) is 2.34. The molecule has 25 heavy (non-hydrogen) atoms. The molecule has 0 fully saturated rings. The molecule has 0 radical (unpaired) electrons. The molecule has 0 aliphatic heterocycles. The molecule has 1 N–H and O–H groups in total. The average molecular weight is 353 g/mol. The van der Waals surface area contributed by atoms with E-state index >= 15 is 0 Å². The zero-order valence-electron chi connectivity index (χ0n) is 17.3. The van der Waals surface area contributed by atoms with Crippen LogP contribution < -0.4 is 0 Å². The van der Waals surface area contributed by atoms with Gasteiger partial charge < -0.3 is 9.90 Å². The Bertz CT molecular complexity index is 399. The third kappa shape index (κ3) is 25.0. The van der Waals surface area contributed by atoms with E-state index in [4.69, 9.17) is 5.11 Å². The van der Waals surface area contributed by atoms with E-state index in [-0.39, 0.29) is 0 Å². The predicted octanol–water partition coefficient (Wildman–Crippen LogP) is 6.58. The van der Waals surface area contributed by atoms with Crippen LogP contribution in [0, 0.1) is 11.8 Å². The molecule has 0 aliphatic rings. The van der Waals surface area contributed by atoms with Crippen LogP contribution in [0.25, 0.3) is 0 Å². The third-order valence-electron chi connectivity index (χ3n) is 4.01. The van der Waals surface area contributed by atoms with Gasteiger partial charge in [0.25, 0.3) is 0 Å². The van der Waals surface area contributed by atoms with Crippen molar-refractivity contribution < 1.29 is 14.7 Å². The maximum Gasteiger partial charge on any atom is 0.303 e. The summed E-state index contributed by atoms with van der Waals surface area (Å²) in [6.07, 6.45) is 12.9. The first-order valence-corrected chi connectivity index (χ1v) is 9.61. The standard InChI is InChI=1S/C12H22O2.C10H18O/c1-10(2)6-4-7-11(3)8-5-9-12(13)14;1-9(2)5-4-6-10(3)7-8-11/h6,11H,4-5,7-9H2,1-3H3,(H,13,14);5,8,10H,4,6-7H2,1-3H3. The SMILES string of the molecule is CC(C)=CCCC(C)CC=O.CC(C)=CCCC(C)CCCC(=O)O. The Labute approximate surface area is 155 Å². The quantitative estimate of drug-likeness (QED) is 0.319. The van der Waals surface area contributed by atoms with Gasteiger partial charge in [0.05, 0.1) is 0 Å². The predicted molar refractivity (Wildman–Crippen MR) is 108 cm³/mol. The number of aldehydes is 1. The molecule has 146 valence electrons. The van der Waals surface area contributed by atoms with Gasteiger partial charge in [-0.25, -0.2) is 0 Å². The van der Waals surface area contributed by atoms with Crippen molar-refractivity contribution in [2.24, 2.45) is 11.8 Å². The molecule has 0 aromatic carbocycles. The van der Waals surface area contributed by atoms with Gasteiger partial charge in [-0.15, -0.1) is 0 Å². The van der Waals surface area contributed by atoms with Gasteiger partial charge in [-0.1, -0.05) is 43.6 Å². The molecule has 3 heteroatoms. The summed E-state index contributed by atoms with van der Waals surface area (Å²) < 4.78 is 0. The van der Waals surface area contributed by atoms with E-state index in [1.165, 1.54) is 17.6 Å². The molecule has 0 saturated carbocycles. The highest BCUT2D eigenvalue weighted by molar-refractivity contribution is 5.66. The van der Waals surface area contributed by atoms with Gasteiger partial charge in [-0.05, 0) is 71.6 Å². The molecule has 0 aromatic heterocycles. The van der Waals surface area contributed by atoms with Crippen LogP contribution in [-0.4, -0.2) is 17.4 Å². The highest BCUT2D eigenvalue weighted by Crippen LogP contribution is 2.14. The molecule has 3 nitrogen and oxygen atoms in total. The van der Waals surface area contributed by atoms with Crippen molar-refractivity contribution in [1.82, 2.24) is 0 Å². The van der Waals surface area contributed by atoms with Crippen molar-refractivity contribution in [3.8, 4) is 0 Å². The fourth-order valence-electron chi connectivity index (χ4n) is 2.34. The minimum absolute atomic E-state index is 0.312. The number of hydrogen-bond acceptors (Lipinski definition) is 2. The molecule has 0 bridgehead atoms. The smallest absolute Gasteiger partial charge is 0.303 e. The maximum absolute atomic E-state index is 10.3. The van der Waals surface area contributed by atoms with Crippen molar-refractivity contribution >= 4 is 12.3 Å². The topological polar surface area (TPSA) is 54.4 Å². The van der Waals surface area contributed by atoms with Gasteiger partial charge in [0.15, 0.2) is 0 Å². The minimum atomic E-state index is -0.679. The van der Waals surface area contributed by atoms with Crippen LogP contribution in [0.1, 0.15) is 92.9 Å². The summed E-state index contributed by atoms with van der Waals surface area (Å²) in [4.78, 5) is 20.4. The van der Waals surface area contributed by atoms with Gasteiger partial charge in [-0.3, -0.25) is 4.79 Å². The molecule has 0 aliphatic carbocycles. The Hall–Kier alpha value is -1.38. The summed E-state index contributed by atoms with van der Waals surface area (Å²) in [5, 5.41) is 8.47. The summed E-state index contributed by atoms with van der Waals surface area (Å²) >= 11 is 0. The lowest BCUT2D eigenvalue weighted by atomic mass is 9.98. The Balaban J connectivity index is 0. The second kappa shape index (κ2) is 17.4. The number of hydrogen-bond donors (Lipinski definition) is 1. The molecule has 0 amide bonds. The van der Waals surface area contributed by atoms with Crippen molar-refractivity contribution in [3.63, 3.8) is 0 Å². The summed E-state index contributed by atoms with van der Waals surface area (Å²) in [6, 6.07) is 0. The lowest BCUT2D eigenvalue weighted by molar-refractivity contribution is -0.137. The molecule has 0 rings (SSSR count). The van der Waals surface area contributed by atoms with Gasteiger partial charge in [0, 0.05) is 12.8 Å².